The lowest BCUT2D eigenvalue weighted by molar-refractivity contribution is 0.250. The molecule has 1 aliphatic carbocycles. The number of urea groups is 1. The van der Waals surface area contributed by atoms with E-state index in [2.05, 4.69) is 10.6 Å². The van der Waals surface area contributed by atoms with Crippen molar-refractivity contribution in [3.8, 4) is 0 Å². The molecule has 0 atom stereocenters. The number of hydrogen-bond acceptors (Lipinski definition) is 1. The van der Waals surface area contributed by atoms with E-state index in [0.717, 1.165) is 24.6 Å². The summed E-state index contributed by atoms with van der Waals surface area (Å²) in [6.07, 6.45) is 7.90. The third-order valence-corrected chi connectivity index (χ3v) is 3.59. The van der Waals surface area contributed by atoms with Gasteiger partial charge in [0.15, 0.2) is 0 Å². The van der Waals surface area contributed by atoms with Crippen molar-refractivity contribution in [3.63, 3.8) is 0 Å². The van der Waals surface area contributed by atoms with E-state index in [1.54, 1.807) is 0 Å². The summed E-state index contributed by atoms with van der Waals surface area (Å²) >= 11 is 0. The zero-order valence-electron chi connectivity index (χ0n) is 10.8. The fourth-order valence-electron chi connectivity index (χ4n) is 2.56. The van der Waals surface area contributed by atoms with Crippen LogP contribution in [0, 0.1) is 5.92 Å². The summed E-state index contributed by atoms with van der Waals surface area (Å²) in [6, 6.07) is 9.44. The van der Waals surface area contributed by atoms with E-state index in [1.807, 2.05) is 30.3 Å². The Bertz CT molecular complexity index is 358. The number of para-hydroxylation sites is 1. The molecule has 0 spiro atoms. The molecule has 1 fully saturated rings. The van der Waals surface area contributed by atoms with Gasteiger partial charge < -0.3 is 10.6 Å². The van der Waals surface area contributed by atoms with Gasteiger partial charge in [-0.3, -0.25) is 0 Å². The van der Waals surface area contributed by atoms with Crippen LogP contribution in [0.15, 0.2) is 30.3 Å². The second kappa shape index (κ2) is 7.04. The lowest BCUT2D eigenvalue weighted by atomic mass is 9.87. The number of hydrogen-bond donors (Lipinski definition) is 2. The van der Waals surface area contributed by atoms with E-state index in [4.69, 9.17) is 0 Å². The monoisotopic (exact) mass is 246 g/mol. The average Bonchev–Trinajstić information content (AvgIpc) is 2.41. The summed E-state index contributed by atoms with van der Waals surface area (Å²) in [7, 11) is 0. The molecule has 18 heavy (non-hydrogen) atoms. The van der Waals surface area contributed by atoms with Crippen LogP contribution in [0.4, 0.5) is 10.5 Å². The van der Waals surface area contributed by atoms with Crippen molar-refractivity contribution in [1.82, 2.24) is 5.32 Å². The van der Waals surface area contributed by atoms with Crippen LogP contribution in [-0.4, -0.2) is 12.6 Å². The molecule has 3 heteroatoms. The molecule has 1 aromatic carbocycles. The quantitative estimate of drug-likeness (QED) is 0.834. The molecule has 1 aromatic rings. The molecule has 2 N–H and O–H groups in total. The molecular formula is C15H22N2O. The largest absolute Gasteiger partial charge is 0.338 e. The molecule has 1 saturated carbocycles. The minimum absolute atomic E-state index is 0.1000. The number of anilines is 1. The SMILES string of the molecule is O=C(NCCC1CCCCC1)Nc1ccccc1. The van der Waals surface area contributed by atoms with Gasteiger partial charge in [-0.2, -0.15) is 0 Å². The van der Waals surface area contributed by atoms with E-state index >= 15 is 0 Å². The molecule has 0 aliphatic heterocycles. The number of benzene rings is 1. The van der Waals surface area contributed by atoms with Crippen molar-refractivity contribution in [2.45, 2.75) is 38.5 Å². The second-order valence-corrected chi connectivity index (χ2v) is 5.04. The van der Waals surface area contributed by atoms with Crippen LogP contribution in [0.1, 0.15) is 38.5 Å². The van der Waals surface area contributed by atoms with Gasteiger partial charge in [0, 0.05) is 12.2 Å². The first-order chi connectivity index (χ1) is 8.84. The van der Waals surface area contributed by atoms with Crippen molar-refractivity contribution < 1.29 is 4.79 Å². The van der Waals surface area contributed by atoms with Crippen LogP contribution in [0.2, 0.25) is 0 Å². The van der Waals surface area contributed by atoms with Gasteiger partial charge in [0.05, 0.1) is 0 Å². The lowest BCUT2D eigenvalue weighted by Crippen LogP contribution is -2.30. The molecule has 0 bridgehead atoms. The summed E-state index contributed by atoms with van der Waals surface area (Å²) in [6.45, 7) is 0.781. The number of rotatable bonds is 4. The topological polar surface area (TPSA) is 41.1 Å². The Balaban J connectivity index is 1.62. The van der Waals surface area contributed by atoms with E-state index in [0.29, 0.717) is 0 Å². The lowest BCUT2D eigenvalue weighted by Gasteiger charge is -2.21. The zero-order chi connectivity index (χ0) is 12.6. The Morgan fingerprint density at radius 3 is 2.56 bits per heavy atom. The highest BCUT2D eigenvalue weighted by Gasteiger charge is 2.13. The number of nitrogens with one attached hydrogen (secondary N) is 2. The van der Waals surface area contributed by atoms with Gasteiger partial charge in [-0.05, 0) is 24.5 Å². The molecule has 98 valence electrons. The van der Waals surface area contributed by atoms with E-state index in [1.165, 1.54) is 32.1 Å². The summed E-state index contributed by atoms with van der Waals surface area (Å²) < 4.78 is 0. The predicted octanol–water partition coefficient (Wildman–Crippen LogP) is 3.78. The maximum Gasteiger partial charge on any atom is 0.319 e. The highest BCUT2D eigenvalue weighted by molar-refractivity contribution is 5.89. The minimum Gasteiger partial charge on any atom is -0.338 e. The number of amides is 2. The van der Waals surface area contributed by atoms with E-state index in [-0.39, 0.29) is 6.03 Å². The van der Waals surface area contributed by atoms with Crippen LogP contribution in [0.3, 0.4) is 0 Å². The standard InChI is InChI=1S/C15H22N2O/c18-15(17-14-9-5-2-6-10-14)16-12-11-13-7-3-1-4-8-13/h2,5-6,9-10,13H,1,3-4,7-8,11-12H2,(H2,16,17,18). The first-order valence-corrected chi connectivity index (χ1v) is 6.94. The normalized spacial score (nSPS) is 16.2. The van der Waals surface area contributed by atoms with Gasteiger partial charge in [0.2, 0.25) is 0 Å². The van der Waals surface area contributed by atoms with Gasteiger partial charge in [0.25, 0.3) is 0 Å². The highest BCUT2D eigenvalue weighted by atomic mass is 16.2. The first-order valence-electron chi connectivity index (χ1n) is 6.94. The van der Waals surface area contributed by atoms with Crippen LogP contribution in [-0.2, 0) is 0 Å². The van der Waals surface area contributed by atoms with E-state index in [9.17, 15) is 4.79 Å². The summed E-state index contributed by atoms with van der Waals surface area (Å²) in [5.41, 5.74) is 0.840. The van der Waals surface area contributed by atoms with Crippen molar-refractivity contribution in [3.05, 3.63) is 30.3 Å². The minimum atomic E-state index is -0.1000. The zero-order valence-corrected chi connectivity index (χ0v) is 10.8. The van der Waals surface area contributed by atoms with E-state index < -0.39 is 0 Å². The van der Waals surface area contributed by atoms with Crippen LogP contribution < -0.4 is 10.6 Å². The maximum atomic E-state index is 11.6. The van der Waals surface area contributed by atoms with Crippen molar-refractivity contribution >= 4 is 11.7 Å². The van der Waals surface area contributed by atoms with Gasteiger partial charge in [-0.1, -0.05) is 50.3 Å². The summed E-state index contributed by atoms with van der Waals surface area (Å²) in [4.78, 5) is 11.6. The Morgan fingerprint density at radius 1 is 1.11 bits per heavy atom. The Morgan fingerprint density at radius 2 is 1.83 bits per heavy atom. The molecule has 2 rings (SSSR count). The molecule has 2 amide bonds. The first kappa shape index (κ1) is 12.9. The highest BCUT2D eigenvalue weighted by Crippen LogP contribution is 2.25. The second-order valence-electron chi connectivity index (χ2n) is 5.04. The molecule has 0 radical (unpaired) electrons. The third kappa shape index (κ3) is 4.40. The molecule has 0 saturated heterocycles. The van der Waals surface area contributed by atoms with Gasteiger partial charge in [-0.15, -0.1) is 0 Å². The molecular weight excluding hydrogens is 224 g/mol. The predicted molar refractivity (Wildman–Crippen MR) is 74.7 cm³/mol. The number of carbonyl (C=O) groups is 1. The van der Waals surface area contributed by atoms with Crippen LogP contribution >= 0.6 is 0 Å². The average molecular weight is 246 g/mol. The Kier molecular flexibility index (Phi) is 5.06. The van der Waals surface area contributed by atoms with Crippen molar-refractivity contribution in [2.24, 2.45) is 5.92 Å². The number of carbonyl (C=O) groups excluding carboxylic acids is 1. The maximum absolute atomic E-state index is 11.6. The van der Waals surface area contributed by atoms with Crippen molar-refractivity contribution in [2.75, 3.05) is 11.9 Å². The van der Waals surface area contributed by atoms with Gasteiger partial charge >= 0.3 is 6.03 Å². The van der Waals surface area contributed by atoms with Gasteiger partial charge in [0.1, 0.15) is 0 Å². The fraction of sp³-hybridized carbons (Fsp3) is 0.533. The summed E-state index contributed by atoms with van der Waals surface area (Å²) in [5.74, 6) is 0.816. The fourth-order valence-corrected chi connectivity index (χ4v) is 2.56. The Hall–Kier alpha value is -1.51. The molecule has 1 aliphatic rings. The molecule has 0 heterocycles. The molecule has 3 nitrogen and oxygen atoms in total. The van der Waals surface area contributed by atoms with Crippen molar-refractivity contribution in [1.29, 1.82) is 0 Å². The Labute approximate surface area is 109 Å². The van der Waals surface area contributed by atoms with Crippen LogP contribution in [0.25, 0.3) is 0 Å². The molecule has 0 aromatic heterocycles. The van der Waals surface area contributed by atoms with Crippen LogP contribution in [0.5, 0.6) is 0 Å². The third-order valence-electron chi connectivity index (χ3n) is 3.59. The molecule has 0 unspecified atom stereocenters. The van der Waals surface area contributed by atoms with Gasteiger partial charge in [-0.25, -0.2) is 4.79 Å². The summed E-state index contributed by atoms with van der Waals surface area (Å²) in [5, 5.41) is 5.76. The smallest absolute Gasteiger partial charge is 0.319 e.